The summed E-state index contributed by atoms with van der Waals surface area (Å²) in [6, 6.07) is 5.12. The van der Waals surface area contributed by atoms with Gasteiger partial charge < -0.3 is 5.73 Å². The van der Waals surface area contributed by atoms with Gasteiger partial charge in [-0.25, -0.2) is 4.39 Å². The summed E-state index contributed by atoms with van der Waals surface area (Å²) in [5.41, 5.74) is 6.39. The highest BCUT2D eigenvalue weighted by atomic mass is 32.2. The number of rotatable bonds is 4. The van der Waals surface area contributed by atoms with E-state index in [-0.39, 0.29) is 5.82 Å². The molecule has 2 N–H and O–H groups in total. The lowest BCUT2D eigenvalue weighted by Gasteiger charge is -2.03. The number of halogens is 1. The molecule has 3 heteroatoms. The van der Waals surface area contributed by atoms with Gasteiger partial charge in [0.15, 0.2) is 0 Å². The highest BCUT2D eigenvalue weighted by molar-refractivity contribution is 7.99. The second kappa shape index (κ2) is 5.25. The van der Waals surface area contributed by atoms with Crippen molar-refractivity contribution in [2.75, 3.05) is 12.3 Å². The smallest absolute Gasteiger partial charge is 0.124 e. The molecule has 0 fully saturated rings. The fraction of sp³-hybridized carbons (Fsp3) is 0.400. The van der Waals surface area contributed by atoms with E-state index in [4.69, 9.17) is 5.73 Å². The van der Waals surface area contributed by atoms with Crippen molar-refractivity contribution in [2.24, 2.45) is 5.73 Å². The van der Waals surface area contributed by atoms with Gasteiger partial charge in [0.05, 0.1) is 0 Å². The SMILES string of the molecule is CCSc1cc(F)cc(CCN)c1. The van der Waals surface area contributed by atoms with Crippen molar-refractivity contribution in [1.29, 1.82) is 0 Å². The molecule has 1 aromatic rings. The Bertz CT molecular complexity index is 251. The van der Waals surface area contributed by atoms with Crippen LogP contribution in [0.1, 0.15) is 12.5 Å². The highest BCUT2D eigenvalue weighted by Crippen LogP contribution is 2.20. The third-order valence-corrected chi connectivity index (χ3v) is 2.53. The van der Waals surface area contributed by atoms with Gasteiger partial charge in [-0.05, 0) is 42.5 Å². The molecular weight excluding hydrogens is 185 g/mol. The molecule has 0 saturated carbocycles. The summed E-state index contributed by atoms with van der Waals surface area (Å²) >= 11 is 1.65. The third kappa shape index (κ3) is 3.36. The first-order chi connectivity index (χ1) is 6.26. The monoisotopic (exact) mass is 199 g/mol. The summed E-state index contributed by atoms with van der Waals surface area (Å²) < 4.78 is 13.0. The Morgan fingerprint density at radius 2 is 2.15 bits per heavy atom. The predicted molar refractivity (Wildman–Crippen MR) is 55.6 cm³/mol. The number of benzene rings is 1. The number of hydrogen-bond donors (Lipinski definition) is 1. The van der Waals surface area contributed by atoms with E-state index in [0.29, 0.717) is 6.54 Å². The summed E-state index contributed by atoms with van der Waals surface area (Å²) in [5.74, 6) is 0.799. The molecule has 0 aliphatic carbocycles. The summed E-state index contributed by atoms with van der Waals surface area (Å²) in [6.45, 7) is 2.62. The maximum absolute atomic E-state index is 13.0. The summed E-state index contributed by atoms with van der Waals surface area (Å²) in [7, 11) is 0. The number of thioether (sulfide) groups is 1. The molecule has 1 rings (SSSR count). The van der Waals surface area contributed by atoms with E-state index in [1.165, 1.54) is 0 Å². The fourth-order valence-corrected chi connectivity index (χ4v) is 1.95. The van der Waals surface area contributed by atoms with Crippen LogP contribution in [-0.4, -0.2) is 12.3 Å². The minimum Gasteiger partial charge on any atom is -0.330 e. The minimum atomic E-state index is -0.165. The minimum absolute atomic E-state index is 0.165. The summed E-state index contributed by atoms with van der Waals surface area (Å²) in [5, 5.41) is 0. The molecule has 0 atom stereocenters. The van der Waals surface area contributed by atoms with Crippen molar-refractivity contribution >= 4 is 11.8 Å². The predicted octanol–water partition coefficient (Wildman–Crippen LogP) is 2.44. The van der Waals surface area contributed by atoms with Crippen LogP contribution in [0.15, 0.2) is 23.1 Å². The molecule has 0 spiro atoms. The normalized spacial score (nSPS) is 10.4. The maximum Gasteiger partial charge on any atom is 0.124 e. The van der Waals surface area contributed by atoms with Gasteiger partial charge in [0.1, 0.15) is 5.82 Å². The van der Waals surface area contributed by atoms with Crippen LogP contribution in [0.25, 0.3) is 0 Å². The van der Waals surface area contributed by atoms with Crippen LogP contribution >= 0.6 is 11.8 Å². The molecule has 72 valence electrons. The molecule has 0 aromatic heterocycles. The van der Waals surface area contributed by atoms with Crippen LogP contribution in [0.3, 0.4) is 0 Å². The van der Waals surface area contributed by atoms with Gasteiger partial charge in [0.2, 0.25) is 0 Å². The van der Waals surface area contributed by atoms with Crippen molar-refractivity contribution in [2.45, 2.75) is 18.2 Å². The molecule has 0 aliphatic heterocycles. The third-order valence-electron chi connectivity index (χ3n) is 1.68. The van der Waals surface area contributed by atoms with Crippen LogP contribution in [0.2, 0.25) is 0 Å². The lowest BCUT2D eigenvalue weighted by atomic mass is 10.1. The first kappa shape index (κ1) is 10.5. The molecule has 0 heterocycles. The van der Waals surface area contributed by atoms with Gasteiger partial charge in [-0.15, -0.1) is 11.8 Å². The Hall–Kier alpha value is -0.540. The number of hydrogen-bond acceptors (Lipinski definition) is 2. The van der Waals surface area contributed by atoms with Crippen molar-refractivity contribution in [3.05, 3.63) is 29.6 Å². The average molecular weight is 199 g/mol. The quantitative estimate of drug-likeness (QED) is 0.754. The van der Waals surface area contributed by atoms with Crippen molar-refractivity contribution in [1.82, 2.24) is 0 Å². The van der Waals surface area contributed by atoms with Crippen LogP contribution in [0.5, 0.6) is 0 Å². The van der Waals surface area contributed by atoms with E-state index >= 15 is 0 Å². The van der Waals surface area contributed by atoms with E-state index in [1.54, 1.807) is 23.9 Å². The van der Waals surface area contributed by atoms with Crippen LogP contribution in [0.4, 0.5) is 4.39 Å². The van der Waals surface area contributed by atoms with Gasteiger partial charge in [-0.3, -0.25) is 0 Å². The van der Waals surface area contributed by atoms with Crippen LogP contribution in [-0.2, 0) is 6.42 Å². The molecule has 0 saturated heterocycles. The fourth-order valence-electron chi connectivity index (χ4n) is 1.18. The Morgan fingerprint density at radius 3 is 2.77 bits per heavy atom. The molecule has 1 nitrogen and oxygen atoms in total. The van der Waals surface area contributed by atoms with E-state index in [9.17, 15) is 4.39 Å². The first-order valence-electron chi connectivity index (χ1n) is 4.38. The molecule has 0 radical (unpaired) electrons. The molecule has 0 bridgehead atoms. The zero-order valence-corrected chi connectivity index (χ0v) is 8.53. The van der Waals surface area contributed by atoms with E-state index < -0.39 is 0 Å². The topological polar surface area (TPSA) is 26.0 Å². The summed E-state index contributed by atoms with van der Waals surface area (Å²) in [4.78, 5) is 0.992. The number of nitrogens with two attached hydrogens (primary N) is 1. The average Bonchev–Trinajstić information content (AvgIpc) is 2.04. The van der Waals surface area contributed by atoms with Crippen molar-refractivity contribution in [3.63, 3.8) is 0 Å². The Kier molecular flexibility index (Phi) is 4.25. The zero-order valence-electron chi connectivity index (χ0n) is 7.72. The zero-order chi connectivity index (χ0) is 9.68. The van der Waals surface area contributed by atoms with Gasteiger partial charge in [0.25, 0.3) is 0 Å². The highest BCUT2D eigenvalue weighted by Gasteiger charge is 1.99. The molecular formula is C10H14FNS. The Morgan fingerprint density at radius 1 is 1.38 bits per heavy atom. The second-order valence-corrected chi connectivity index (χ2v) is 4.10. The summed E-state index contributed by atoms with van der Waals surface area (Å²) in [6.07, 6.45) is 0.745. The van der Waals surface area contributed by atoms with E-state index in [2.05, 4.69) is 6.92 Å². The largest absolute Gasteiger partial charge is 0.330 e. The first-order valence-corrected chi connectivity index (χ1v) is 5.37. The van der Waals surface area contributed by atoms with Crippen molar-refractivity contribution < 1.29 is 4.39 Å². The maximum atomic E-state index is 13.0. The standard InChI is InChI=1S/C10H14FNS/c1-2-13-10-6-8(3-4-12)5-9(11)7-10/h5-7H,2-4,12H2,1H3. The van der Waals surface area contributed by atoms with Crippen LogP contribution < -0.4 is 5.73 Å². The van der Waals surface area contributed by atoms with Gasteiger partial charge in [-0.1, -0.05) is 6.92 Å². The van der Waals surface area contributed by atoms with Crippen molar-refractivity contribution in [3.8, 4) is 0 Å². The van der Waals surface area contributed by atoms with Gasteiger partial charge in [-0.2, -0.15) is 0 Å². The lowest BCUT2D eigenvalue weighted by Crippen LogP contribution is -2.03. The van der Waals surface area contributed by atoms with E-state index in [0.717, 1.165) is 22.6 Å². The van der Waals surface area contributed by atoms with Gasteiger partial charge in [0, 0.05) is 4.90 Å². The van der Waals surface area contributed by atoms with E-state index in [1.807, 2.05) is 6.07 Å². The molecule has 0 amide bonds. The molecule has 13 heavy (non-hydrogen) atoms. The lowest BCUT2D eigenvalue weighted by molar-refractivity contribution is 0.621. The Balaban J connectivity index is 2.83. The van der Waals surface area contributed by atoms with Gasteiger partial charge >= 0.3 is 0 Å². The van der Waals surface area contributed by atoms with Crippen LogP contribution in [0, 0.1) is 5.82 Å². The molecule has 0 unspecified atom stereocenters. The second-order valence-electron chi connectivity index (χ2n) is 2.77. The molecule has 0 aliphatic rings. The Labute approximate surface area is 82.5 Å². The molecule has 1 aromatic carbocycles.